The van der Waals surface area contributed by atoms with Gasteiger partial charge in [0.2, 0.25) is 17.3 Å². The van der Waals surface area contributed by atoms with Crippen LogP contribution in [0.5, 0.6) is 5.75 Å². The standard InChI is InChI=1S/C17H16N4O6/c22-13-6-7-19-15(16(13)27-10-12-4-2-1-3-5-12)17(23)18-8-9-26-11-14(18)20(19)21(24)25/h1-7,14H,8-11H2/t14-/m1/s1. The second kappa shape index (κ2) is 6.72. The SMILES string of the molecule is O=C1c2c(OCc3ccccc3)c(=O)ccn2N([N+](=O)[O-])[C@@H]2COCCN12. The van der Waals surface area contributed by atoms with Crippen molar-refractivity contribution in [3.63, 3.8) is 0 Å². The van der Waals surface area contributed by atoms with Crippen LogP contribution in [-0.2, 0) is 11.3 Å². The molecule has 0 bridgehead atoms. The van der Waals surface area contributed by atoms with Crippen LogP contribution in [-0.4, -0.2) is 46.4 Å². The van der Waals surface area contributed by atoms with Crippen molar-refractivity contribution in [1.82, 2.24) is 9.58 Å². The van der Waals surface area contributed by atoms with Gasteiger partial charge in [-0.15, -0.1) is 4.68 Å². The van der Waals surface area contributed by atoms with E-state index in [1.54, 1.807) is 0 Å². The van der Waals surface area contributed by atoms with Gasteiger partial charge >= 0.3 is 5.91 Å². The van der Waals surface area contributed by atoms with Gasteiger partial charge in [0.15, 0.2) is 0 Å². The van der Waals surface area contributed by atoms with Gasteiger partial charge < -0.3 is 24.5 Å². The predicted molar refractivity (Wildman–Crippen MR) is 92.3 cm³/mol. The minimum atomic E-state index is -0.891. The molecule has 1 saturated heterocycles. The average Bonchev–Trinajstić information content (AvgIpc) is 2.68. The van der Waals surface area contributed by atoms with E-state index in [4.69, 9.17) is 9.47 Å². The van der Waals surface area contributed by atoms with E-state index in [0.29, 0.717) is 0 Å². The number of carbonyl (C=O) groups excluding carboxylic acids is 1. The van der Waals surface area contributed by atoms with Gasteiger partial charge in [-0.3, -0.25) is 9.59 Å². The van der Waals surface area contributed by atoms with E-state index in [9.17, 15) is 19.7 Å². The molecule has 1 amide bonds. The van der Waals surface area contributed by atoms with Crippen LogP contribution in [0.4, 0.5) is 0 Å². The molecule has 0 saturated carbocycles. The number of pyridine rings is 1. The number of hydrogen-bond acceptors (Lipinski definition) is 6. The zero-order chi connectivity index (χ0) is 19.0. The summed E-state index contributed by atoms with van der Waals surface area (Å²) in [6, 6.07) is 10.3. The zero-order valence-electron chi connectivity index (χ0n) is 14.2. The van der Waals surface area contributed by atoms with Crippen LogP contribution in [0.2, 0.25) is 0 Å². The van der Waals surface area contributed by atoms with Gasteiger partial charge in [-0.25, -0.2) is 0 Å². The number of nitro groups is 1. The Balaban J connectivity index is 1.78. The van der Waals surface area contributed by atoms with Crippen molar-refractivity contribution >= 4 is 5.91 Å². The summed E-state index contributed by atoms with van der Waals surface area (Å²) >= 11 is 0. The molecule has 4 rings (SSSR count). The Hall–Kier alpha value is -3.40. The van der Waals surface area contributed by atoms with E-state index in [0.717, 1.165) is 21.4 Å². The number of fused-ring (bicyclic) bond motifs is 2. The largest absolute Gasteiger partial charge is 0.481 e. The number of ether oxygens (including phenoxy) is 2. The predicted octanol–water partition coefficient (Wildman–Crippen LogP) is 0.369. The van der Waals surface area contributed by atoms with Crippen LogP contribution in [0.3, 0.4) is 0 Å². The molecule has 140 valence electrons. The van der Waals surface area contributed by atoms with Crippen LogP contribution in [0.25, 0.3) is 0 Å². The normalized spacial score (nSPS) is 18.7. The lowest BCUT2D eigenvalue weighted by Crippen LogP contribution is -2.67. The molecule has 1 aromatic carbocycles. The number of aromatic nitrogens is 1. The molecule has 0 spiro atoms. The number of nitrogens with zero attached hydrogens (tertiary/aromatic N) is 4. The summed E-state index contributed by atoms with van der Waals surface area (Å²) in [4.78, 5) is 38.3. The number of benzene rings is 1. The molecule has 0 N–H and O–H groups in total. The van der Waals surface area contributed by atoms with Crippen molar-refractivity contribution in [3.8, 4) is 5.75 Å². The Morgan fingerprint density at radius 2 is 2.00 bits per heavy atom. The number of hydrazine groups is 1. The summed E-state index contributed by atoms with van der Waals surface area (Å²) in [6.45, 7) is 0.518. The van der Waals surface area contributed by atoms with Crippen molar-refractivity contribution in [1.29, 1.82) is 0 Å². The number of hydrogen-bond donors (Lipinski definition) is 0. The van der Waals surface area contributed by atoms with Crippen molar-refractivity contribution < 1.29 is 19.3 Å². The van der Waals surface area contributed by atoms with Crippen LogP contribution in [0.1, 0.15) is 16.1 Å². The van der Waals surface area contributed by atoms with E-state index < -0.39 is 22.5 Å². The zero-order valence-corrected chi connectivity index (χ0v) is 14.2. The summed E-state index contributed by atoms with van der Waals surface area (Å²) in [6.07, 6.45) is 0.317. The molecular weight excluding hydrogens is 356 g/mol. The molecule has 10 heteroatoms. The molecule has 1 atom stereocenters. The van der Waals surface area contributed by atoms with E-state index in [1.165, 1.54) is 11.1 Å². The number of carbonyl (C=O) groups is 1. The van der Waals surface area contributed by atoms with Crippen LogP contribution < -0.4 is 15.3 Å². The molecule has 2 aliphatic heterocycles. The van der Waals surface area contributed by atoms with Gasteiger partial charge in [0.25, 0.3) is 5.69 Å². The Kier molecular flexibility index (Phi) is 4.24. The van der Waals surface area contributed by atoms with Crippen LogP contribution in [0.15, 0.2) is 47.4 Å². The molecule has 2 aliphatic rings. The summed E-state index contributed by atoms with van der Waals surface area (Å²) in [5.41, 5.74) is 0.131. The number of amides is 1. The highest BCUT2D eigenvalue weighted by molar-refractivity contribution is 5.96. The first-order chi connectivity index (χ1) is 13.1. The first-order valence-corrected chi connectivity index (χ1v) is 8.33. The van der Waals surface area contributed by atoms with Gasteiger partial charge in [-0.2, -0.15) is 0 Å². The fourth-order valence-electron chi connectivity index (χ4n) is 3.23. The van der Waals surface area contributed by atoms with Crippen molar-refractivity contribution in [2.75, 3.05) is 24.9 Å². The van der Waals surface area contributed by atoms with Crippen LogP contribution >= 0.6 is 0 Å². The Morgan fingerprint density at radius 1 is 1.22 bits per heavy atom. The van der Waals surface area contributed by atoms with E-state index in [1.807, 2.05) is 30.3 Å². The summed E-state index contributed by atoms with van der Waals surface area (Å²) in [5.74, 6) is -0.703. The quantitative estimate of drug-likeness (QED) is 0.564. The highest BCUT2D eigenvalue weighted by Crippen LogP contribution is 2.26. The molecule has 0 aliphatic carbocycles. The lowest BCUT2D eigenvalue weighted by atomic mass is 10.2. The fourth-order valence-corrected chi connectivity index (χ4v) is 3.23. The van der Waals surface area contributed by atoms with Gasteiger partial charge in [0.05, 0.1) is 18.2 Å². The second-order valence-electron chi connectivity index (χ2n) is 6.09. The topological polar surface area (TPSA) is 107 Å². The lowest BCUT2D eigenvalue weighted by molar-refractivity contribution is -0.528. The fraction of sp³-hybridized carbons (Fsp3) is 0.294. The van der Waals surface area contributed by atoms with Gasteiger partial charge in [-0.05, 0) is 10.7 Å². The molecule has 27 heavy (non-hydrogen) atoms. The maximum absolute atomic E-state index is 13.0. The van der Waals surface area contributed by atoms with E-state index >= 15 is 0 Å². The molecule has 0 unspecified atom stereocenters. The van der Waals surface area contributed by atoms with Crippen LogP contribution in [0, 0.1) is 10.1 Å². The maximum atomic E-state index is 13.0. The first-order valence-electron chi connectivity index (χ1n) is 8.33. The minimum Gasteiger partial charge on any atom is -0.481 e. The molecule has 1 fully saturated rings. The van der Waals surface area contributed by atoms with E-state index in [2.05, 4.69) is 0 Å². The second-order valence-corrected chi connectivity index (χ2v) is 6.09. The Bertz CT molecular complexity index is 944. The molecule has 1 aromatic heterocycles. The summed E-state index contributed by atoms with van der Waals surface area (Å²) in [7, 11) is 0. The Labute approximate surface area is 153 Å². The Morgan fingerprint density at radius 3 is 2.74 bits per heavy atom. The molecular formula is C17H16N4O6. The smallest absolute Gasteiger partial charge is 0.302 e. The van der Waals surface area contributed by atoms with Crippen molar-refractivity contribution in [3.05, 3.63) is 74.2 Å². The van der Waals surface area contributed by atoms with Crippen molar-refractivity contribution in [2.24, 2.45) is 0 Å². The highest BCUT2D eigenvalue weighted by atomic mass is 16.7. The monoisotopic (exact) mass is 372 g/mol. The van der Waals surface area contributed by atoms with E-state index in [-0.39, 0.29) is 37.8 Å². The summed E-state index contributed by atoms with van der Waals surface area (Å²) in [5, 5.41) is 11.8. The molecule has 2 aromatic rings. The third-order valence-corrected chi connectivity index (χ3v) is 4.48. The average molecular weight is 372 g/mol. The molecule has 0 radical (unpaired) electrons. The van der Waals surface area contributed by atoms with Gasteiger partial charge in [-0.1, -0.05) is 30.3 Å². The minimum absolute atomic E-state index is 0.00150. The maximum Gasteiger partial charge on any atom is 0.302 e. The first kappa shape index (κ1) is 17.0. The highest BCUT2D eigenvalue weighted by Gasteiger charge is 2.48. The lowest BCUT2D eigenvalue weighted by Gasteiger charge is -2.41. The van der Waals surface area contributed by atoms with Gasteiger partial charge in [0.1, 0.15) is 12.8 Å². The third-order valence-electron chi connectivity index (χ3n) is 4.48. The third kappa shape index (κ3) is 2.89. The molecule has 3 heterocycles. The van der Waals surface area contributed by atoms with Gasteiger partial charge in [0, 0.05) is 12.6 Å². The number of rotatable bonds is 4. The van der Waals surface area contributed by atoms with Crippen molar-refractivity contribution in [2.45, 2.75) is 12.8 Å². The number of morpholine rings is 1. The molecule has 10 nitrogen and oxygen atoms in total. The summed E-state index contributed by atoms with van der Waals surface area (Å²) < 4.78 is 12.0.